The van der Waals surface area contributed by atoms with Gasteiger partial charge in [-0.25, -0.2) is 0 Å². The molecule has 0 fully saturated rings. The molecule has 0 aromatic heterocycles. The van der Waals surface area contributed by atoms with Crippen LogP contribution in [0, 0.1) is 0 Å². The lowest BCUT2D eigenvalue weighted by Gasteiger charge is -2.13. The van der Waals surface area contributed by atoms with Gasteiger partial charge in [0.15, 0.2) is 5.96 Å². The van der Waals surface area contributed by atoms with E-state index in [-0.39, 0.29) is 12.3 Å². The van der Waals surface area contributed by atoms with Crippen LogP contribution < -0.4 is 15.4 Å². The molecule has 1 unspecified atom stereocenters. The molecule has 0 aliphatic rings. The van der Waals surface area contributed by atoms with Gasteiger partial charge in [-0.1, -0.05) is 19.1 Å². The van der Waals surface area contributed by atoms with E-state index in [1.807, 2.05) is 13.8 Å². The summed E-state index contributed by atoms with van der Waals surface area (Å²) in [6.07, 6.45) is -4.70. The molecule has 0 amide bonds. The van der Waals surface area contributed by atoms with Gasteiger partial charge < -0.3 is 20.5 Å². The van der Waals surface area contributed by atoms with Gasteiger partial charge in [0.25, 0.3) is 0 Å². The van der Waals surface area contributed by atoms with Gasteiger partial charge in [0, 0.05) is 13.1 Å². The Morgan fingerprint density at radius 1 is 1.22 bits per heavy atom. The summed E-state index contributed by atoms with van der Waals surface area (Å²) in [6.45, 7) is 5.49. The van der Waals surface area contributed by atoms with Crippen LogP contribution in [0.15, 0.2) is 29.3 Å². The van der Waals surface area contributed by atoms with Crippen molar-refractivity contribution >= 4 is 5.96 Å². The van der Waals surface area contributed by atoms with E-state index >= 15 is 0 Å². The quantitative estimate of drug-likeness (QED) is 0.530. The summed E-state index contributed by atoms with van der Waals surface area (Å²) >= 11 is 0. The second kappa shape index (κ2) is 9.24. The smallest absolute Gasteiger partial charge is 0.406 e. The van der Waals surface area contributed by atoms with Crippen molar-refractivity contribution in [1.82, 2.24) is 10.6 Å². The second-order valence-electron chi connectivity index (χ2n) is 4.78. The Hall–Kier alpha value is -1.96. The highest BCUT2D eigenvalue weighted by Crippen LogP contribution is 2.24. The van der Waals surface area contributed by atoms with Crippen LogP contribution in [-0.4, -0.2) is 37.1 Å². The maximum Gasteiger partial charge on any atom is 0.573 e. The molecule has 23 heavy (non-hydrogen) atoms. The lowest BCUT2D eigenvalue weighted by Crippen LogP contribution is -2.37. The van der Waals surface area contributed by atoms with Crippen LogP contribution in [0.25, 0.3) is 0 Å². The van der Waals surface area contributed by atoms with Crippen LogP contribution >= 0.6 is 0 Å². The minimum absolute atomic E-state index is 0.0958. The molecule has 1 atom stereocenters. The van der Waals surface area contributed by atoms with Gasteiger partial charge >= 0.3 is 6.36 Å². The van der Waals surface area contributed by atoms with Gasteiger partial charge in [0.2, 0.25) is 0 Å². The largest absolute Gasteiger partial charge is 0.573 e. The first-order valence-electron chi connectivity index (χ1n) is 7.41. The summed E-state index contributed by atoms with van der Waals surface area (Å²) in [6, 6.07) is 5.09. The number of nitrogens with one attached hydrogen (secondary N) is 2. The molecule has 0 radical (unpaired) electrons. The molecule has 0 saturated carbocycles. The van der Waals surface area contributed by atoms with E-state index in [2.05, 4.69) is 20.4 Å². The molecule has 0 aliphatic carbocycles. The first-order chi connectivity index (χ1) is 10.9. The minimum atomic E-state index is -4.73. The van der Waals surface area contributed by atoms with E-state index in [4.69, 9.17) is 0 Å². The highest BCUT2D eigenvalue weighted by atomic mass is 19.4. The van der Waals surface area contributed by atoms with Gasteiger partial charge in [-0.2, -0.15) is 0 Å². The molecule has 3 N–H and O–H groups in total. The van der Waals surface area contributed by atoms with E-state index in [1.54, 1.807) is 0 Å². The number of hydrogen-bond donors (Lipinski definition) is 3. The third-order valence-electron chi connectivity index (χ3n) is 2.81. The molecule has 1 rings (SSSR count). The Balaban J connectivity index is 2.64. The molecule has 1 aromatic carbocycles. The molecular weight excluding hydrogens is 311 g/mol. The number of hydrogen-bond acceptors (Lipinski definition) is 3. The van der Waals surface area contributed by atoms with Gasteiger partial charge in [0.1, 0.15) is 5.75 Å². The molecular formula is C15H22F3N3O2. The highest BCUT2D eigenvalue weighted by molar-refractivity contribution is 5.79. The number of benzene rings is 1. The number of rotatable bonds is 7. The third-order valence-corrected chi connectivity index (χ3v) is 2.81. The number of nitrogens with zero attached hydrogens (tertiary/aromatic N) is 1. The Bertz CT molecular complexity index is 490. The third kappa shape index (κ3) is 7.73. The van der Waals surface area contributed by atoms with E-state index in [0.29, 0.717) is 18.1 Å². The van der Waals surface area contributed by atoms with Gasteiger partial charge in [0.05, 0.1) is 12.6 Å². The van der Waals surface area contributed by atoms with Crippen LogP contribution in [0.5, 0.6) is 5.75 Å². The fraction of sp³-hybridized carbons (Fsp3) is 0.533. The predicted molar refractivity (Wildman–Crippen MR) is 82.4 cm³/mol. The van der Waals surface area contributed by atoms with Crippen molar-refractivity contribution in [2.45, 2.75) is 32.7 Å². The number of aliphatic hydroxyl groups excluding tert-OH is 1. The van der Waals surface area contributed by atoms with Gasteiger partial charge in [-0.3, -0.25) is 4.99 Å². The number of alkyl halides is 3. The van der Waals surface area contributed by atoms with Crippen molar-refractivity contribution in [3.63, 3.8) is 0 Å². The maximum absolute atomic E-state index is 12.1. The lowest BCUT2D eigenvalue weighted by atomic mass is 10.1. The maximum atomic E-state index is 12.1. The summed E-state index contributed by atoms with van der Waals surface area (Å²) in [5.74, 6) is 0.264. The molecule has 0 heterocycles. The van der Waals surface area contributed by atoms with Gasteiger partial charge in [-0.15, -0.1) is 13.2 Å². The number of ether oxygens (including phenoxy) is 1. The molecule has 5 nitrogen and oxygen atoms in total. The molecule has 8 heteroatoms. The van der Waals surface area contributed by atoms with Crippen LogP contribution in [0.4, 0.5) is 13.2 Å². The fourth-order valence-electron chi connectivity index (χ4n) is 1.76. The van der Waals surface area contributed by atoms with Crippen molar-refractivity contribution in [2.75, 3.05) is 19.6 Å². The van der Waals surface area contributed by atoms with E-state index in [0.717, 1.165) is 25.1 Å². The average Bonchev–Trinajstić information content (AvgIpc) is 2.49. The summed E-state index contributed by atoms with van der Waals surface area (Å²) in [4.78, 5) is 4.24. The zero-order valence-electron chi connectivity index (χ0n) is 13.2. The summed E-state index contributed by atoms with van der Waals surface area (Å²) < 4.78 is 40.0. The summed E-state index contributed by atoms with van der Waals surface area (Å²) in [5.41, 5.74) is 0.467. The molecule has 1 aromatic rings. The molecule has 0 aliphatic heterocycles. The van der Waals surface area contributed by atoms with Crippen molar-refractivity contribution < 1.29 is 23.0 Å². The Kier molecular flexibility index (Phi) is 7.67. The van der Waals surface area contributed by atoms with Crippen LogP contribution in [0.1, 0.15) is 31.9 Å². The Morgan fingerprint density at radius 2 is 1.87 bits per heavy atom. The molecule has 0 saturated heterocycles. The van der Waals surface area contributed by atoms with Crippen molar-refractivity contribution in [1.29, 1.82) is 0 Å². The fourth-order valence-corrected chi connectivity index (χ4v) is 1.76. The first-order valence-corrected chi connectivity index (χ1v) is 7.41. The topological polar surface area (TPSA) is 65.9 Å². The summed E-state index contributed by atoms with van der Waals surface area (Å²) in [7, 11) is 0. The van der Waals surface area contributed by atoms with Crippen LogP contribution in [0.2, 0.25) is 0 Å². The lowest BCUT2D eigenvalue weighted by molar-refractivity contribution is -0.274. The first kappa shape index (κ1) is 19.1. The normalized spacial score (nSPS) is 13.6. The van der Waals surface area contributed by atoms with Gasteiger partial charge in [-0.05, 0) is 31.0 Å². The highest BCUT2D eigenvalue weighted by Gasteiger charge is 2.31. The number of guanidine groups is 1. The Labute approximate surface area is 133 Å². The zero-order chi connectivity index (χ0) is 17.3. The van der Waals surface area contributed by atoms with E-state index in [1.165, 1.54) is 12.1 Å². The monoisotopic (exact) mass is 333 g/mol. The number of aliphatic hydroxyl groups is 1. The predicted octanol–water partition coefficient (Wildman–Crippen LogP) is 2.58. The minimum Gasteiger partial charge on any atom is -0.406 e. The Morgan fingerprint density at radius 3 is 2.39 bits per heavy atom. The van der Waals surface area contributed by atoms with Crippen molar-refractivity contribution in [3.05, 3.63) is 29.8 Å². The molecule has 0 spiro atoms. The summed E-state index contributed by atoms with van der Waals surface area (Å²) in [5, 5.41) is 16.2. The number of aliphatic imine (C=N–C) groups is 1. The molecule has 130 valence electrons. The second-order valence-corrected chi connectivity index (χ2v) is 4.78. The van der Waals surface area contributed by atoms with Crippen LogP contribution in [0.3, 0.4) is 0 Å². The average molecular weight is 333 g/mol. The van der Waals surface area contributed by atoms with Crippen LogP contribution in [-0.2, 0) is 0 Å². The van der Waals surface area contributed by atoms with Crippen molar-refractivity contribution in [2.24, 2.45) is 4.99 Å². The SMILES string of the molecule is CCCNC(=NCC(O)c1ccc(OC(F)(F)F)cc1)NCC. The number of halogens is 3. The van der Waals surface area contributed by atoms with E-state index < -0.39 is 12.5 Å². The standard InChI is InChI=1S/C15H22F3N3O2/c1-3-9-20-14(19-4-2)21-10-13(22)11-5-7-12(8-6-11)23-15(16,17)18/h5-8,13,22H,3-4,9-10H2,1-2H3,(H2,19,20,21). The van der Waals surface area contributed by atoms with E-state index in [9.17, 15) is 18.3 Å². The zero-order valence-corrected chi connectivity index (χ0v) is 13.2. The van der Waals surface area contributed by atoms with Crippen molar-refractivity contribution in [3.8, 4) is 5.75 Å². The molecule has 0 bridgehead atoms.